The minimum atomic E-state index is 0.0365. The van der Waals surface area contributed by atoms with E-state index in [4.69, 9.17) is 4.74 Å². The van der Waals surface area contributed by atoms with Crippen molar-refractivity contribution in [1.29, 1.82) is 0 Å². The second kappa shape index (κ2) is 3.35. The third-order valence-electron chi connectivity index (χ3n) is 2.15. The minimum Gasteiger partial charge on any atom is -0.359 e. The Morgan fingerprint density at radius 1 is 1.50 bits per heavy atom. The molecule has 0 radical (unpaired) electrons. The van der Waals surface area contributed by atoms with Crippen molar-refractivity contribution in [3.63, 3.8) is 0 Å². The second-order valence-electron chi connectivity index (χ2n) is 2.87. The lowest BCUT2D eigenvalue weighted by atomic mass is 10.1. The van der Waals surface area contributed by atoms with E-state index in [2.05, 4.69) is 19.2 Å². The van der Waals surface area contributed by atoms with Gasteiger partial charge in [-0.3, -0.25) is 5.32 Å². The molecule has 0 aromatic rings. The minimum absolute atomic E-state index is 0.0365. The quantitative estimate of drug-likeness (QED) is 0.646. The summed E-state index contributed by atoms with van der Waals surface area (Å²) >= 11 is 0. The highest BCUT2D eigenvalue weighted by Crippen LogP contribution is 2.21. The van der Waals surface area contributed by atoms with Crippen LogP contribution in [0.15, 0.2) is 0 Å². The standard InChI is InChI=1S/C8H17NO/c1-3-5-8(4-2)9-6-7-10-8/h9H,3-7H2,1-2H3. The molecular formula is C8H17NO. The third-order valence-corrected chi connectivity index (χ3v) is 2.15. The van der Waals surface area contributed by atoms with Crippen LogP contribution >= 0.6 is 0 Å². The van der Waals surface area contributed by atoms with E-state index >= 15 is 0 Å². The molecule has 2 heteroatoms. The predicted octanol–water partition coefficient (Wildman–Crippen LogP) is 1.51. The summed E-state index contributed by atoms with van der Waals surface area (Å²) in [5.74, 6) is 0. The van der Waals surface area contributed by atoms with Crippen LogP contribution in [0.1, 0.15) is 33.1 Å². The molecule has 0 aliphatic carbocycles. The molecule has 0 amide bonds. The molecule has 1 fully saturated rings. The van der Waals surface area contributed by atoms with Gasteiger partial charge in [0.05, 0.1) is 6.61 Å². The highest BCUT2D eigenvalue weighted by molar-refractivity contribution is 4.80. The Bertz CT molecular complexity index is 97.4. The van der Waals surface area contributed by atoms with Crippen molar-refractivity contribution in [2.24, 2.45) is 0 Å². The van der Waals surface area contributed by atoms with Gasteiger partial charge >= 0.3 is 0 Å². The van der Waals surface area contributed by atoms with E-state index in [-0.39, 0.29) is 5.72 Å². The zero-order chi connectivity index (χ0) is 7.45. The van der Waals surface area contributed by atoms with E-state index in [9.17, 15) is 0 Å². The maximum Gasteiger partial charge on any atom is 0.119 e. The zero-order valence-electron chi connectivity index (χ0n) is 6.94. The Morgan fingerprint density at radius 2 is 2.30 bits per heavy atom. The third kappa shape index (κ3) is 1.50. The highest BCUT2D eigenvalue weighted by atomic mass is 16.5. The average Bonchev–Trinajstić information content (AvgIpc) is 2.39. The summed E-state index contributed by atoms with van der Waals surface area (Å²) in [7, 11) is 0. The lowest BCUT2D eigenvalue weighted by molar-refractivity contribution is -0.0205. The van der Waals surface area contributed by atoms with Gasteiger partial charge in [-0.05, 0) is 12.8 Å². The van der Waals surface area contributed by atoms with Crippen LogP contribution in [0.2, 0.25) is 0 Å². The largest absolute Gasteiger partial charge is 0.359 e. The first-order valence-corrected chi connectivity index (χ1v) is 4.22. The van der Waals surface area contributed by atoms with Gasteiger partial charge in [-0.2, -0.15) is 0 Å². The molecule has 0 bridgehead atoms. The van der Waals surface area contributed by atoms with E-state index < -0.39 is 0 Å². The van der Waals surface area contributed by atoms with Crippen LogP contribution in [0.25, 0.3) is 0 Å². The van der Waals surface area contributed by atoms with Crippen molar-refractivity contribution in [3.8, 4) is 0 Å². The Hall–Kier alpha value is -0.0800. The van der Waals surface area contributed by atoms with Crippen molar-refractivity contribution in [2.75, 3.05) is 13.2 Å². The van der Waals surface area contributed by atoms with Crippen molar-refractivity contribution < 1.29 is 4.74 Å². The highest BCUT2D eigenvalue weighted by Gasteiger charge is 2.30. The van der Waals surface area contributed by atoms with Crippen LogP contribution in [0.5, 0.6) is 0 Å². The molecule has 1 aliphatic rings. The van der Waals surface area contributed by atoms with E-state index in [1.807, 2.05) is 0 Å². The van der Waals surface area contributed by atoms with Crippen molar-refractivity contribution in [1.82, 2.24) is 5.32 Å². The summed E-state index contributed by atoms with van der Waals surface area (Å²) < 4.78 is 5.62. The number of hydrogen-bond acceptors (Lipinski definition) is 2. The lowest BCUT2D eigenvalue weighted by Gasteiger charge is -2.26. The second-order valence-corrected chi connectivity index (χ2v) is 2.87. The summed E-state index contributed by atoms with van der Waals surface area (Å²) in [4.78, 5) is 0. The van der Waals surface area contributed by atoms with Crippen LogP contribution in [0.4, 0.5) is 0 Å². The predicted molar refractivity (Wildman–Crippen MR) is 41.9 cm³/mol. The van der Waals surface area contributed by atoms with E-state index in [1.165, 1.54) is 6.42 Å². The molecule has 1 saturated heterocycles. The molecule has 1 atom stereocenters. The van der Waals surface area contributed by atoms with Gasteiger partial charge in [0.2, 0.25) is 0 Å². The Kier molecular flexibility index (Phi) is 2.69. The maximum atomic E-state index is 5.62. The SMILES string of the molecule is CCCC1(CC)NCCO1. The first-order valence-electron chi connectivity index (χ1n) is 4.22. The van der Waals surface area contributed by atoms with Crippen molar-refractivity contribution in [2.45, 2.75) is 38.8 Å². The first kappa shape index (κ1) is 8.02. The van der Waals surface area contributed by atoms with Crippen molar-refractivity contribution in [3.05, 3.63) is 0 Å². The fourth-order valence-electron chi connectivity index (χ4n) is 1.54. The topological polar surface area (TPSA) is 21.3 Å². The van der Waals surface area contributed by atoms with Gasteiger partial charge in [0, 0.05) is 6.54 Å². The number of hydrogen-bond donors (Lipinski definition) is 1. The molecule has 0 aromatic carbocycles. The Balaban J connectivity index is 2.41. The van der Waals surface area contributed by atoms with Gasteiger partial charge in [0.15, 0.2) is 0 Å². The first-order chi connectivity index (χ1) is 4.83. The normalized spacial score (nSPS) is 33.0. The summed E-state index contributed by atoms with van der Waals surface area (Å²) in [5, 5.41) is 3.40. The molecule has 1 N–H and O–H groups in total. The van der Waals surface area contributed by atoms with Gasteiger partial charge < -0.3 is 4.74 Å². The van der Waals surface area contributed by atoms with E-state index in [0.29, 0.717) is 0 Å². The molecule has 0 aromatic heterocycles. The van der Waals surface area contributed by atoms with Crippen LogP contribution in [-0.4, -0.2) is 18.9 Å². The zero-order valence-corrected chi connectivity index (χ0v) is 6.94. The summed E-state index contributed by atoms with van der Waals surface area (Å²) in [6.07, 6.45) is 3.42. The molecule has 1 heterocycles. The molecule has 0 saturated carbocycles. The molecular weight excluding hydrogens is 126 g/mol. The van der Waals surface area contributed by atoms with E-state index in [1.54, 1.807) is 0 Å². The Morgan fingerprint density at radius 3 is 2.70 bits per heavy atom. The van der Waals surface area contributed by atoms with Gasteiger partial charge in [-0.1, -0.05) is 20.3 Å². The molecule has 2 nitrogen and oxygen atoms in total. The van der Waals surface area contributed by atoms with Gasteiger partial charge in [-0.15, -0.1) is 0 Å². The fraction of sp³-hybridized carbons (Fsp3) is 1.00. The Labute approximate surface area is 63.0 Å². The number of ether oxygens (including phenoxy) is 1. The number of rotatable bonds is 3. The summed E-state index contributed by atoms with van der Waals surface area (Å²) in [6.45, 7) is 6.27. The monoisotopic (exact) mass is 143 g/mol. The van der Waals surface area contributed by atoms with Crippen LogP contribution in [-0.2, 0) is 4.74 Å². The smallest absolute Gasteiger partial charge is 0.119 e. The molecule has 1 aliphatic heterocycles. The van der Waals surface area contributed by atoms with Crippen molar-refractivity contribution >= 4 is 0 Å². The van der Waals surface area contributed by atoms with Crippen LogP contribution < -0.4 is 5.32 Å². The fourth-order valence-corrected chi connectivity index (χ4v) is 1.54. The van der Waals surface area contributed by atoms with Crippen LogP contribution in [0.3, 0.4) is 0 Å². The molecule has 10 heavy (non-hydrogen) atoms. The van der Waals surface area contributed by atoms with E-state index in [0.717, 1.165) is 26.0 Å². The number of nitrogens with one attached hydrogen (secondary N) is 1. The lowest BCUT2D eigenvalue weighted by Crippen LogP contribution is -2.40. The van der Waals surface area contributed by atoms with Gasteiger partial charge in [0.1, 0.15) is 5.72 Å². The van der Waals surface area contributed by atoms with Gasteiger partial charge in [0.25, 0.3) is 0 Å². The molecule has 0 spiro atoms. The maximum absolute atomic E-state index is 5.62. The van der Waals surface area contributed by atoms with Gasteiger partial charge in [-0.25, -0.2) is 0 Å². The summed E-state index contributed by atoms with van der Waals surface area (Å²) in [5.41, 5.74) is 0.0365. The molecule has 1 unspecified atom stereocenters. The average molecular weight is 143 g/mol. The summed E-state index contributed by atoms with van der Waals surface area (Å²) in [6, 6.07) is 0. The molecule has 60 valence electrons. The molecule has 1 rings (SSSR count). The van der Waals surface area contributed by atoms with Crippen LogP contribution in [0, 0.1) is 0 Å².